The van der Waals surface area contributed by atoms with Crippen molar-refractivity contribution in [2.75, 3.05) is 0 Å². The van der Waals surface area contributed by atoms with Crippen molar-refractivity contribution in [3.63, 3.8) is 0 Å². The van der Waals surface area contributed by atoms with Crippen LogP contribution in [0.1, 0.15) is 5.56 Å². The topological polar surface area (TPSA) is 72.2 Å². The number of fused-ring (bicyclic) bond motifs is 2. The summed E-state index contributed by atoms with van der Waals surface area (Å²) in [7, 11) is 0. The van der Waals surface area contributed by atoms with Crippen molar-refractivity contribution < 1.29 is 0 Å². The summed E-state index contributed by atoms with van der Waals surface area (Å²) in [5.74, 6) is 0. The van der Waals surface area contributed by atoms with Crippen LogP contribution in [0.15, 0.2) is 70.5 Å². The Morgan fingerprint density at radius 3 is 2.59 bits per heavy atom. The number of thiophene rings is 1. The van der Waals surface area contributed by atoms with Crippen LogP contribution in [0.3, 0.4) is 0 Å². The van der Waals surface area contributed by atoms with Crippen LogP contribution in [0.25, 0.3) is 32.1 Å². The second-order valence-corrected chi connectivity index (χ2v) is 7.28. The molecule has 132 valence electrons. The number of hydrogen-bond donors (Lipinski definition) is 1. The Kier molecular flexibility index (Phi) is 3.38. The number of hydrogen-bond acceptors (Lipinski definition) is 4. The highest BCUT2D eigenvalue weighted by Crippen LogP contribution is 2.34. The maximum atomic E-state index is 13.1. The van der Waals surface area contributed by atoms with Gasteiger partial charge in [0.2, 0.25) is 0 Å². The monoisotopic (exact) mass is 374 g/mol. The van der Waals surface area contributed by atoms with Crippen molar-refractivity contribution in [3.8, 4) is 16.3 Å². The molecule has 0 saturated heterocycles. The van der Waals surface area contributed by atoms with E-state index in [0.717, 1.165) is 21.8 Å². The van der Waals surface area contributed by atoms with E-state index in [9.17, 15) is 9.59 Å². The summed E-state index contributed by atoms with van der Waals surface area (Å²) in [6, 6.07) is 14.7. The summed E-state index contributed by atoms with van der Waals surface area (Å²) >= 11 is 1.38. The number of benzene rings is 1. The van der Waals surface area contributed by atoms with Gasteiger partial charge in [-0.05, 0) is 36.8 Å². The van der Waals surface area contributed by atoms with Gasteiger partial charge in [-0.2, -0.15) is 0 Å². The Bertz CT molecular complexity index is 1390. The first kappa shape index (κ1) is 15.8. The van der Waals surface area contributed by atoms with Crippen molar-refractivity contribution >= 4 is 27.2 Å². The fourth-order valence-electron chi connectivity index (χ4n) is 3.32. The molecule has 4 aromatic heterocycles. The second kappa shape index (κ2) is 5.78. The summed E-state index contributed by atoms with van der Waals surface area (Å²) in [5, 5.41) is 0.524. The molecule has 0 bridgehead atoms. The number of aromatic nitrogens is 4. The molecular formula is C20H14N4O2S. The van der Waals surface area contributed by atoms with Crippen LogP contribution in [-0.4, -0.2) is 18.9 Å². The first-order valence-corrected chi connectivity index (χ1v) is 9.23. The molecule has 0 spiro atoms. The summed E-state index contributed by atoms with van der Waals surface area (Å²) in [6.45, 7) is 1.90. The lowest BCUT2D eigenvalue weighted by molar-refractivity contribution is 0.903. The van der Waals surface area contributed by atoms with Gasteiger partial charge < -0.3 is 4.40 Å². The molecule has 0 saturated carbocycles. The number of nitrogens with one attached hydrogen (secondary N) is 1. The van der Waals surface area contributed by atoms with E-state index in [-0.39, 0.29) is 5.56 Å². The first-order chi connectivity index (χ1) is 13.1. The minimum Gasteiger partial charge on any atom is -0.306 e. The molecule has 7 heteroatoms. The van der Waals surface area contributed by atoms with Gasteiger partial charge in [0.15, 0.2) is 0 Å². The van der Waals surface area contributed by atoms with Gasteiger partial charge in [0.1, 0.15) is 10.5 Å². The van der Waals surface area contributed by atoms with Gasteiger partial charge in [-0.25, -0.2) is 14.3 Å². The fourth-order valence-corrected chi connectivity index (χ4v) is 4.46. The van der Waals surface area contributed by atoms with Gasteiger partial charge in [0.25, 0.3) is 5.56 Å². The van der Waals surface area contributed by atoms with Crippen molar-refractivity contribution in [3.05, 3.63) is 87.3 Å². The molecule has 0 aliphatic heterocycles. The lowest BCUT2D eigenvalue weighted by Gasteiger charge is -2.04. The van der Waals surface area contributed by atoms with E-state index in [1.54, 1.807) is 24.3 Å². The minimum absolute atomic E-state index is 0.316. The van der Waals surface area contributed by atoms with Gasteiger partial charge in [-0.1, -0.05) is 24.3 Å². The van der Waals surface area contributed by atoms with Gasteiger partial charge >= 0.3 is 5.69 Å². The van der Waals surface area contributed by atoms with Crippen LogP contribution in [0.2, 0.25) is 0 Å². The highest BCUT2D eigenvalue weighted by Gasteiger charge is 2.19. The van der Waals surface area contributed by atoms with Crippen LogP contribution >= 0.6 is 11.3 Å². The zero-order valence-corrected chi connectivity index (χ0v) is 15.2. The largest absolute Gasteiger partial charge is 0.334 e. The highest BCUT2D eigenvalue weighted by molar-refractivity contribution is 7.22. The molecule has 0 aliphatic rings. The Morgan fingerprint density at radius 2 is 1.81 bits per heavy atom. The second-order valence-electron chi connectivity index (χ2n) is 6.26. The normalized spacial score (nSPS) is 11.4. The lowest BCUT2D eigenvalue weighted by atomic mass is 10.2. The number of H-pyrrole nitrogens is 1. The van der Waals surface area contributed by atoms with Crippen LogP contribution < -0.4 is 11.2 Å². The zero-order chi connectivity index (χ0) is 18.5. The third kappa shape index (κ3) is 2.36. The minimum atomic E-state index is -0.443. The third-order valence-corrected chi connectivity index (χ3v) is 5.83. The molecule has 0 amide bonds. The molecule has 0 aliphatic carbocycles. The van der Waals surface area contributed by atoms with Crippen molar-refractivity contribution in [2.24, 2.45) is 0 Å². The van der Waals surface area contributed by atoms with E-state index in [2.05, 4.69) is 9.97 Å². The molecule has 0 atom stereocenters. The zero-order valence-electron chi connectivity index (χ0n) is 14.3. The molecule has 0 unspecified atom stereocenters. The summed E-state index contributed by atoms with van der Waals surface area (Å²) < 4.78 is 3.11. The number of imidazole rings is 1. The summed E-state index contributed by atoms with van der Waals surface area (Å²) in [4.78, 5) is 34.6. The molecule has 0 fully saturated rings. The van der Waals surface area contributed by atoms with Gasteiger partial charge in [-0.3, -0.25) is 9.78 Å². The van der Waals surface area contributed by atoms with E-state index in [1.807, 2.05) is 48.0 Å². The first-order valence-electron chi connectivity index (χ1n) is 8.41. The molecular weight excluding hydrogens is 360 g/mol. The maximum Gasteiger partial charge on any atom is 0.334 e. The highest BCUT2D eigenvalue weighted by atomic mass is 32.1. The van der Waals surface area contributed by atoms with E-state index in [1.165, 1.54) is 15.9 Å². The summed E-state index contributed by atoms with van der Waals surface area (Å²) in [5.41, 5.74) is 2.23. The molecule has 27 heavy (non-hydrogen) atoms. The molecule has 6 nitrogen and oxygen atoms in total. The van der Waals surface area contributed by atoms with Crippen molar-refractivity contribution in [2.45, 2.75) is 6.92 Å². The van der Waals surface area contributed by atoms with Crippen LogP contribution in [0, 0.1) is 6.92 Å². The molecule has 1 N–H and O–H groups in total. The average Bonchev–Trinajstić information content (AvgIpc) is 3.23. The van der Waals surface area contributed by atoms with Gasteiger partial charge in [0, 0.05) is 12.4 Å². The number of nitrogens with zero attached hydrogens (tertiary/aromatic N) is 3. The average molecular weight is 374 g/mol. The maximum absolute atomic E-state index is 13.1. The molecule has 0 radical (unpaired) electrons. The lowest BCUT2D eigenvalue weighted by Crippen LogP contribution is -2.33. The SMILES string of the molecule is Cc1c(-c2cn3ccccc3n2)sc2[nH]c(=O)n(-c3ccccc3)c(=O)c12. The van der Waals surface area contributed by atoms with Gasteiger partial charge in [-0.15, -0.1) is 11.3 Å². The van der Waals surface area contributed by atoms with Crippen LogP contribution in [-0.2, 0) is 0 Å². The van der Waals surface area contributed by atoms with Crippen molar-refractivity contribution in [1.82, 2.24) is 18.9 Å². The van der Waals surface area contributed by atoms with E-state index in [4.69, 9.17) is 0 Å². The smallest absolute Gasteiger partial charge is 0.306 e. The molecule has 5 rings (SSSR count). The third-order valence-electron chi connectivity index (χ3n) is 4.60. The molecule has 5 aromatic rings. The number of aryl methyl sites for hydroxylation is 1. The predicted molar refractivity (Wildman–Crippen MR) is 107 cm³/mol. The fraction of sp³-hybridized carbons (Fsp3) is 0.0500. The van der Waals surface area contributed by atoms with Crippen LogP contribution in [0.4, 0.5) is 0 Å². The number of rotatable bonds is 2. The van der Waals surface area contributed by atoms with E-state index >= 15 is 0 Å². The Balaban J connectivity index is 1.80. The molecule has 4 heterocycles. The van der Waals surface area contributed by atoms with Crippen LogP contribution in [0.5, 0.6) is 0 Å². The van der Waals surface area contributed by atoms with E-state index in [0.29, 0.717) is 15.9 Å². The number of pyridine rings is 1. The molecule has 1 aromatic carbocycles. The van der Waals surface area contributed by atoms with Gasteiger partial charge in [0.05, 0.1) is 21.6 Å². The van der Waals surface area contributed by atoms with E-state index < -0.39 is 5.69 Å². The quantitative estimate of drug-likeness (QED) is 0.515. The Morgan fingerprint density at radius 1 is 1.04 bits per heavy atom. The Labute approximate surface area is 157 Å². The number of aromatic amines is 1. The number of para-hydroxylation sites is 1. The predicted octanol–water partition coefficient (Wildman–Crippen LogP) is 3.36. The summed E-state index contributed by atoms with van der Waals surface area (Å²) in [6.07, 6.45) is 3.86. The Hall–Kier alpha value is -3.45. The van der Waals surface area contributed by atoms with Crippen molar-refractivity contribution in [1.29, 1.82) is 0 Å². The standard InChI is InChI=1S/C20H14N4O2S/c1-12-16-18(22-20(26)24(19(16)25)13-7-3-2-4-8-13)27-17(12)14-11-23-10-6-5-9-15(23)21-14/h2-11H,1H3,(H,22,26).